The number of nitrogen functional groups attached to an aromatic ring is 1. The summed E-state index contributed by atoms with van der Waals surface area (Å²) in [4.78, 5) is 11.7. The molecule has 1 fully saturated rings. The van der Waals surface area contributed by atoms with Crippen molar-refractivity contribution in [3.63, 3.8) is 0 Å². The van der Waals surface area contributed by atoms with Crippen molar-refractivity contribution in [1.29, 1.82) is 0 Å². The quantitative estimate of drug-likeness (QED) is 0.638. The maximum absolute atomic E-state index is 11.7. The average Bonchev–Trinajstić information content (AvgIpc) is 2.47. The third kappa shape index (κ3) is 3.87. The highest BCUT2D eigenvalue weighted by Crippen LogP contribution is 2.22. The molecule has 0 radical (unpaired) electrons. The van der Waals surface area contributed by atoms with Gasteiger partial charge in [-0.05, 0) is 43.9 Å². The molecule has 0 spiro atoms. The van der Waals surface area contributed by atoms with Gasteiger partial charge in [-0.2, -0.15) is 0 Å². The molecule has 1 aromatic rings. The maximum Gasteiger partial charge on any atom is 0.338 e. The molecule has 5 heteroatoms. The van der Waals surface area contributed by atoms with Gasteiger partial charge < -0.3 is 20.5 Å². The summed E-state index contributed by atoms with van der Waals surface area (Å²) in [6.45, 7) is 4.60. The zero-order valence-electron chi connectivity index (χ0n) is 11.9. The molecule has 1 aliphatic rings. The predicted octanol–water partition coefficient (Wildman–Crippen LogP) is 2.28. The van der Waals surface area contributed by atoms with Crippen LogP contribution in [0.25, 0.3) is 0 Å². The van der Waals surface area contributed by atoms with E-state index < -0.39 is 0 Å². The van der Waals surface area contributed by atoms with Gasteiger partial charge in [0.25, 0.3) is 0 Å². The standard InChI is InChI=1S/C15H22N2O3/c1-2-20-15(18)12-5-6-13(16)14(8-12)17-9-11-4-3-7-19-10-11/h5-6,8,11,17H,2-4,7,9-10,16H2,1H3. The monoisotopic (exact) mass is 278 g/mol. The highest BCUT2D eigenvalue weighted by atomic mass is 16.5. The Morgan fingerprint density at radius 3 is 3.10 bits per heavy atom. The second-order valence-corrected chi connectivity index (χ2v) is 4.99. The number of nitrogens with one attached hydrogen (secondary N) is 1. The fourth-order valence-electron chi connectivity index (χ4n) is 2.27. The normalized spacial score (nSPS) is 18.6. The van der Waals surface area contributed by atoms with E-state index in [-0.39, 0.29) is 5.97 Å². The van der Waals surface area contributed by atoms with Crippen molar-refractivity contribution in [1.82, 2.24) is 0 Å². The molecule has 1 aliphatic heterocycles. The van der Waals surface area contributed by atoms with Crippen LogP contribution in [0.3, 0.4) is 0 Å². The molecule has 110 valence electrons. The molecule has 20 heavy (non-hydrogen) atoms. The molecule has 1 aromatic carbocycles. The number of hydrogen-bond donors (Lipinski definition) is 2. The molecule has 1 heterocycles. The van der Waals surface area contributed by atoms with Crippen LogP contribution >= 0.6 is 0 Å². The summed E-state index contributed by atoms with van der Waals surface area (Å²) in [5.74, 6) is 0.172. The average molecular weight is 278 g/mol. The number of carbonyl (C=O) groups excluding carboxylic acids is 1. The first-order valence-electron chi connectivity index (χ1n) is 7.09. The number of carbonyl (C=O) groups is 1. The topological polar surface area (TPSA) is 73.6 Å². The Balaban J connectivity index is 1.98. The lowest BCUT2D eigenvalue weighted by Crippen LogP contribution is -2.24. The Morgan fingerprint density at radius 1 is 1.55 bits per heavy atom. The van der Waals surface area contributed by atoms with Crippen molar-refractivity contribution in [3.05, 3.63) is 23.8 Å². The Morgan fingerprint density at radius 2 is 2.40 bits per heavy atom. The summed E-state index contributed by atoms with van der Waals surface area (Å²) in [5, 5.41) is 3.31. The number of hydrogen-bond acceptors (Lipinski definition) is 5. The SMILES string of the molecule is CCOC(=O)c1ccc(N)c(NCC2CCCOC2)c1. The van der Waals surface area contributed by atoms with Gasteiger partial charge in [-0.15, -0.1) is 0 Å². The zero-order chi connectivity index (χ0) is 14.4. The molecule has 0 amide bonds. The smallest absolute Gasteiger partial charge is 0.338 e. The molecule has 1 atom stereocenters. The fraction of sp³-hybridized carbons (Fsp3) is 0.533. The Kier molecular flexibility index (Phi) is 5.24. The minimum absolute atomic E-state index is 0.323. The molecule has 0 saturated carbocycles. The van der Waals surface area contributed by atoms with Crippen molar-refractivity contribution < 1.29 is 14.3 Å². The van der Waals surface area contributed by atoms with E-state index in [1.165, 1.54) is 0 Å². The van der Waals surface area contributed by atoms with Crippen LogP contribution in [0.4, 0.5) is 11.4 Å². The lowest BCUT2D eigenvalue weighted by atomic mass is 10.0. The van der Waals surface area contributed by atoms with E-state index in [0.717, 1.165) is 38.3 Å². The van der Waals surface area contributed by atoms with Gasteiger partial charge in [0.15, 0.2) is 0 Å². The van der Waals surface area contributed by atoms with Gasteiger partial charge in [0.05, 0.1) is 30.2 Å². The first kappa shape index (κ1) is 14.7. The number of rotatable bonds is 5. The van der Waals surface area contributed by atoms with Crippen LogP contribution in [0, 0.1) is 5.92 Å². The van der Waals surface area contributed by atoms with Crippen LogP contribution < -0.4 is 11.1 Å². The van der Waals surface area contributed by atoms with Gasteiger partial charge in [-0.1, -0.05) is 0 Å². The highest BCUT2D eigenvalue weighted by Gasteiger charge is 2.15. The number of benzene rings is 1. The molecule has 0 aromatic heterocycles. The summed E-state index contributed by atoms with van der Waals surface area (Å²) in [5.41, 5.74) is 7.86. The summed E-state index contributed by atoms with van der Waals surface area (Å²) < 4.78 is 10.4. The molecule has 5 nitrogen and oxygen atoms in total. The van der Waals surface area contributed by atoms with Crippen LogP contribution in [0.2, 0.25) is 0 Å². The molecule has 0 aliphatic carbocycles. The number of ether oxygens (including phenoxy) is 2. The van der Waals surface area contributed by atoms with E-state index in [9.17, 15) is 4.79 Å². The molecule has 3 N–H and O–H groups in total. The zero-order valence-corrected chi connectivity index (χ0v) is 11.9. The minimum Gasteiger partial charge on any atom is -0.462 e. The van der Waals surface area contributed by atoms with Crippen molar-refractivity contribution in [2.75, 3.05) is 37.4 Å². The Labute approximate surface area is 119 Å². The van der Waals surface area contributed by atoms with E-state index in [4.69, 9.17) is 15.2 Å². The van der Waals surface area contributed by atoms with Gasteiger partial charge in [0, 0.05) is 13.2 Å². The van der Waals surface area contributed by atoms with E-state index in [2.05, 4.69) is 5.32 Å². The second kappa shape index (κ2) is 7.14. The Hall–Kier alpha value is -1.75. The molecular formula is C15H22N2O3. The van der Waals surface area contributed by atoms with Crippen molar-refractivity contribution in [2.45, 2.75) is 19.8 Å². The van der Waals surface area contributed by atoms with Gasteiger partial charge in [-0.3, -0.25) is 0 Å². The van der Waals surface area contributed by atoms with Gasteiger partial charge in [0.2, 0.25) is 0 Å². The van der Waals surface area contributed by atoms with Crippen molar-refractivity contribution in [3.8, 4) is 0 Å². The summed E-state index contributed by atoms with van der Waals surface area (Å²) in [7, 11) is 0. The lowest BCUT2D eigenvalue weighted by molar-refractivity contribution is 0.0526. The van der Waals surface area contributed by atoms with E-state index in [1.807, 2.05) is 0 Å². The minimum atomic E-state index is -0.323. The second-order valence-electron chi connectivity index (χ2n) is 4.99. The summed E-state index contributed by atoms with van der Waals surface area (Å²) in [6.07, 6.45) is 2.26. The lowest BCUT2D eigenvalue weighted by Gasteiger charge is -2.23. The van der Waals surface area contributed by atoms with Crippen LogP contribution in [-0.4, -0.2) is 32.3 Å². The van der Waals surface area contributed by atoms with Crippen LogP contribution in [0.1, 0.15) is 30.1 Å². The summed E-state index contributed by atoms with van der Waals surface area (Å²) in [6, 6.07) is 5.16. The fourth-order valence-corrected chi connectivity index (χ4v) is 2.27. The van der Waals surface area contributed by atoms with Crippen LogP contribution in [0.5, 0.6) is 0 Å². The maximum atomic E-state index is 11.7. The largest absolute Gasteiger partial charge is 0.462 e. The molecule has 2 rings (SSSR count). The van der Waals surface area contributed by atoms with E-state index in [0.29, 0.717) is 23.8 Å². The summed E-state index contributed by atoms with van der Waals surface area (Å²) >= 11 is 0. The number of nitrogens with two attached hydrogens (primary N) is 1. The number of esters is 1. The molecule has 1 unspecified atom stereocenters. The van der Waals surface area contributed by atoms with Crippen LogP contribution in [-0.2, 0) is 9.47 Å². The third-order valence-corrected chi connectivity index (χ3v) is 3.40. The predicted molar refractivity (Wildman–Crippen MR) is 78.8 cm³/mol. The van der Waals surface area contributed by atoms with Crippen LogP contribution in [0.15, 0.2) is 18.2 Å². The van der Waals surface area contributed by atoms with Gasteiger partial charge >= 0.3 is 5.97 Å². The highest BCUT2D eigenvalue weighted by molar-refractivity contribution is 5.92. The Bertz CT molecular complexity index is 456. The molecule has 1 saturated heterocycles. The van der Waals surface area contributed by atoms with Gasteiger partial charge in [-0.25, -0.2) is 4.79 Å². The third-order valence-electron chi connectivity index (χ3n) is 3.40. The van der Waals surface area contributed by atoms with Crippen molar-refractivity contribution >= 4 is 17.3 Å². The number of anilines is 2. The van der Waals surface area contributed by atoms with E-state index in [1.54, 1.807) is 25.1 Å². The van der Waals surface area contributed by atoms with Crippen molar-refractivity contribution in [2.24, 2.45) is 5.92 Å². The molecule has 0 bridgehead atoms. The first-order valence-corrected chi connectivity index (χ1v) is 7.09. The first-order chi connectivity index (χ1) is 9.70. The van der Waals surface area contributed by atoms with E-state index >= 15 is 0 Å². The molecular weight excluding hydrogens is 256 g/mol. The van der Waals surface area contributed by atoms with Gasteiger partial charge in [0.1, 0.15) is 0 Å².